The third-order valence-corrected chi connectivity index (χ3v) is 4.90. The van der Waals surface area contributed by atoms with Crippen LogP contribution in [0.1, 0.15) is 23.4 Å². The molecule has 0 radical (unpaired) electrons. The fraction of sp³-hybridized carbons (Fsp3) is 0.292. The average molecular weight is 440 g/mol. The molecular formula is C24H25FN2O5. The van der Waals surface area contributed by atoms with Crippen LogP contribution < -0.4 is 14.8 Å². The summed E-state index contributed by atoms with van der Waals surface area (Å²) in [6, 6.07) is 11.6. The van der Waals surface area contributed by atoms with Crippen LogP contribution in [0.25, 0.3) is 11.5 Å². The van der Waals surface area contributed by atoms with E-state index >= 15 is 0 Å². The second-order valence-electron chi connectivity index (χ2n) is 7.18. The quantitative estimate of drug-likeness (QED) is 0.484. The molecule has 0 aliphatic rings. The lowest BCUT2D eigenvalue weighted by molar-refractivity contribution is -0.127. The number of ether oxygens (including phenoxy) is 2. The van der Waals surface area contributed by atoms with Crippen LogP contribution in [-0.2, 0) is 22.4 Å². The number of halogens is 1. The zero-order valence-electron chi connectivity index (χ0n) is 18.2. The highest BCUT2D eigenvalue weighted by molar-refractivity contribution is 5.98. The molecule has 0 saturated heterocycles. The molecule has 2 aromatic carbocycles. The van der Waals surface area contributed by atoms with Crippen LogP contribution in [0.15, 0.2) is 46.9 Å². The van der Waals surface area contributed by atoms with E-state index in [1.165, 1.54) is 6.07 Å². The van der Waals surface area contributed by atoms with E-state index in [0.29, 0.717) is 35.9 Å². The summed E-state index contributed by atoms with van der Waals surface area (Å²) < 4.78 is 29.9. The van der Waals surface area contributed by atoms with Crippen molar-refractivity contribution in [2.24, 2.45) is 0 Å². The van der Waals surface area contributed by atoms with E-state index in [1.54, 1.807) is 45.4 Å². The highest BCUT2D eigenvalue weighted by Crippen LogP contribution is 2.27. The molecule has 0 spiro atoms. The number of Topliss-reactive ketones (excluding diaryl/α,β-unsaturated/α-hetero) is 1. The van der Waals surface area contributed by atoms with Crippen molar-refractivity contribution >= 4 is 11.7 Å². The summed E-state index contributed by atoms with van der Waals surface area (Å²) >= 11 is 0. The maximum absolute atomic E-state index is 13.9. The van der Waals surface area contributed by atoms with E-state index in [0.717, 1.165) is 5.56 Å². The number of carbonyl (C=O) groups excluding carboxylic acids is 2. The molecule has 32 heavy (non-hydrogen) atoms. The van der Waals surface area contributed by atoms with Crippen molar-refractivity contribution in [2.75, 3.05) is 20.8 Å². The smallest absolute Gasteiger partial charge is 0.229 e. The van der Waals surface area contributed by atoms with E-state index in [1.807, 2.05) is 12.1 Å². The highest BCUT2D eigenvalue weighted by Gasteiger charge is 2.18. The topological polar surface area (TPSA) is 90.7 Å². The minimum absolute atomic E-state index is 0.0626. The van der Waals surface area contributed by atoms with Crippen molar-refractivity contribution < 1.29 is 27.9 Å². The van der Waals surface area contributed by atoms with Crippen LogP contribution in [0, 0.1) is 12.7 Å². The lowest BCUT2D eigenvalue weighted by Gasteiger charge is -2.10. The molecular weight excluding hydrogens is 415 g/mol. The first-order valence-corrected chi connectivity index (χ1v) is 10.1. The first-order chi connectivity index (χ1) is 15.4. The van der Waals surface area contributed by atoms with Crippen molar-refractivity contribution in [3.8, 4) is 23.0 Å². The van der Waals surface area contributed by atoms with Gasteiger partial charge >= 0.3 is 0 Å². The number of aromatic nitrogens is 1. The van der Waals surface area contributed by atoms with Crippen molar-refractivity contribution in [1.29, 1.82) is 0 Å². The molecule has 3 aromatic rings. The van der Waals surface area contributed by atoms with Crippen molar-refractivity contribution in [3.05, 3.63) is 65.3 Å². The van der Waals surface area contributed by atoms with Crippen molar-refractivity contribution in [2.45, 2.75) is 26.2 Å². The summed E-state index contributed by atoms with van der Waals surface area (Å²) in [5.74, 6) is 0.654. The van der Waals surface area contributed by atoms with Gasteiger partial charge in [0.05, 0.1) is 38.3 Å². The maximum atomic E-state index is 13.9. The third-order valence-electron chi connectivity index (χ3n) is 4.90. The molecule has 0 bridgehead atoms. The second-order valence-corrected chi connectivity index (χ2v) is 7.18. The Hall–Kier alpha value is -3.68. The van der Waals surface area contributed by atoms with Gasteiger partial charge in [-0.2, -0.15) is 0 Å². The molecule has 1 heterocycles. The highest BCUT2D eigenvalue weighted by atomic mass is 19.1. The number of oxazole rings is 1. The molecule has 1 N–H and O–H groups in total. The summed E-state index contributed by atoms with van der Waals surface area (Å²) in [5, 5.41) is 2.74. The van der Waals surface area contributed by atoms with Crippen LogP contribution in [0.4, 0.5) is 4.39 Å². The molecule has 0 unspecified atom stereocenters. The Bertz CT molecular complexity index is 1110. The van der Waals surface area contributed by atoms with E-state index in [4.69, 9.17) is 13.9 Å². The normalized spacial score (nSPS) is 10.6. The summed E-state index contributed by atoms with van der Waals surface area (Å²) in [7, 11) is 3.13. The Balaban J connectivity index is 1.50. The zero-order valence-corrected chi connectivity index (χ0v) is 18.2. The predicted molar refractivity (Wildman–Crippen MR) is 116 cm³/mol. The van der Waals surface area contributed by atoms with Gasteiger partial charge in [-0.15, -0.1) is 0 Å². The van der Waals surface area contributed by atoms with Gasteiger partial charge in [0.15, 0.2) is 11.5 Å². The van der Waals surface area contributed by atoms with Gasteiger partial charge in [-0.25, -0.2) is 9.37 Å². The number of benzene rings is 2. The number of rotatable bonds is 10. The number of aryl methyl sites for hydroxylation is 1. The van der Waals surface area contributed by atoms with Crippen LogP contribution in [0.2, 0.25) is 0 Å². The minimum atomic E-state index is -0.458. The summed E-state index contributed by atoms with van der Waals surface area (Å²) in [6.45, 7) is 2.03. The van der Waals surface area contributed by atoms with Gasteiger partial charge < -0.3 is 19.2 Å². The van der Waals surface area contributed by atoms with Crippen LogP contribution in [0.5, 0.6) is 11.5 Å². The number of hydrogen-bond acceptors (Lipinski definition) is 6. The fourth-order valence-corrected chi connectivity index (χ4v) is 3.22. The molecule has 1 amide bonds. The Kier molecular flexibility index (Phi) is 7.59. The molecule has 0 aliphatic carbocycles. The Morgan fingerprint density at radius 2 is 1.84 bits per heavy atom. The van der Waals surface area contributed by atoms with E-state index in [9.17, 15) is 14.0 Å². The summed E-state index contributed by atoms with van der Waals surface area (Å²) in [4.78, 5) is 28.7. The molecule has 0 aliphatic heterocycles. The number of amides is 1. The Morgan fingerprint density at radius 1 is 1.09 bits per heavy atom. The predicted octanol–water partition coefficient (Wildman–Crippen LogP) is 3.67. The van der Waals surface area contributed by atoms with Gasteiger partial charge in [-0.1, -0.05) is 18.2 Å². The molecule has 1 aromatic heterocycles. The van der Waals surface area contributed by atoms with Crippen molar-refractivity contribution in [3.63, 3.8) is 0 Å². The first-order valence-electron chi connectivity index (χ1n) is 10.1. The Morgan fingerprint density at radius 3 is 2.56 bits per heavy atom. The van der Waals surface area contributed by atoms with E-state index in [2.05, 4.69) is 10.3 Å². The van der Waals surface area contributed by atoms with Gasteiger partial charge in [0, 0.05) is 6.54 Å². The standard InChI is InChI=1S/C24H25FN2O5/c1-15-20(27-24(32-15)18-6-4-5-7-19(18)25)13-17(28)14-23(29)26-11-10-16-8-9-21(30-2)22(12-16)31-3/h4-9,12H,10-11,13-14H2,1-3H3,(H,26,29). The maximum Gasteiger partial charge on any atom is 0.229 e. The monoisotopic (exact) mass is 440 g/mol. The largest absolute Gasteiger partial charge is 0.493 e. The van der Waals surface area contributed by atoms with Crippen LogP contribution in [0.3, 0.4) is 0 Å². The average Bonchev–Trinajstić information content (AvgIpc) is 3.13. The van der Waals surface area contributed by atoms with Gasteiger partial charge in [-0.3, -0.25) is 9.59 Å². The van der Waals surface area contributed by atoms with Crippen molar-refractivity contribution in [1.82, 2.24) is 10.3 Å². The zero-order chi connectivity index (χ0) is 23.1. The lowest BCUT2D eigenvalue weighted by atomic mass is 10.1. The van der Waals surface area contributed by atoms with Crippen LogP contribution >= 0.6 is 0 Å². The second kappa shape index (κ2) is 10.6. The molecule has 0 saturated carbocycles. The van der Waals surface area contributed by atoms with Gasteiger partial charge in [0.25, 0.3) is 0 Å². The summed E-state index contributed by atoms with van der Waals surface area (Å²) in [5.41, 5.74) is 1.58. The van der Waals surface area contributed by atoms with E-state index in [-0.39, 0.29) is 36.0 Å². The van der Waals surface area contributed by atoms with E-state index < -0.39 is 5.82 Å². The number of methoxy groups -OCH3 is 2. The van der Waals surface area contributed by atoms with Gasteiger partial charge in [0.2, 0.25) is 11.8 Å². The number of nitrogens with zero attached hydrogens (tertiary/aromatic N) is 1. The number of ketones is 1. The number of carbonyl (C=O) groups is 2. The third kappa shape index (κ3) is 5.72. The first kappa shape index (κ1) is 23.0. The molecule has 3 rings (SSSR count). The molecule has 0 fully saturated rings. The Labute approximate surface area is 185 Å². The number of hydrogen-bond donors (Lipinski definition) is 1. The number of nitrogens with one attached hydrogen (secondary N) is 1. The SMILES string of the molecule is COc1ccc(CCNC(=O)CC(=O)Cc2nc(-c3ccccc3F)oc2C)cc1OC. The molecule has 0 atom stereocenters. The molecule has 7 nitrogen and oxygen atoms in total. The van der Waals surface area contributed by atoms with Gasteiger partial charge in [-0.05, 0) is 43.2 Å². The van der Waals surface area contributed by atoms with Gasteiger partial charge in [0.1, 0.15) is 17.4 Å². The molecule has 8 heteroatoms. The minimum Gasteiger partial charge on any atom is -0.493 e. The lowest BCUT2D eigenvalue weighted by Crippen LogP contribution is -2.28. The fourth-order valence-electron chi connectivity index (χ4n) is 3.22. The van der Waals surface area contributed by atoms with Crippen LogP contribution in [-0.4, -0.2) is 37.4 Å². The summed E-state index contributed by atoms with van der Waals surface area (Å²) in [6.07, 6.45) is 0.245. The molecule has 168 valence electrons.